The fraction of sp³-hybridized carbons (Fsp3) is 0.643. The minimum atomic E-state index is -0.276. The molecule has 1 heterocycles. The van der Waals surface area contributed by atoms with Crippen molar-refractivity contribution >= 4 is 17.2 Å². The zero-order chi connectivity index (χ0) is 13.5. The largest absolute Gasteiger partial charge is 0.394 e. The van der Waals surface area contributed by atoms with Crippen molar-refractivity contribution in [2.24, 2.45) is 11.8 Å². The minimum Gasteiger partial charge on any atom is -0.394 e. The number of hydrogen-bond acceptors (Lipinski definition) is 3. The van der Waals surface area contributed by atoms with E-state index in [0.29, 0.717) is 5.92 Å². The van der Waals surface area contributed by atoms with E-state index in [2.05, 4.69) is 26.1 Å². The molecule has 0 aliphatic rings. The van der Waals surface area contributed by atoms with Crippen molar-refractivity contribution in [3.63, 3.8) is 0 Å². The lowest BCUT2D eigenvalue weighted by Gasteiger charge is -2.23. The second-order valence-corrected chi connectivity index (χ2v) is 5.72. The van der Waals surface area contributed by atoms with E-state index < -0.39 is 0 Å². The minimum absolute atomic E-state index is 0.0303. The van der Waals surface area contributed by atoms with Crippen LogP contribution in [0.4, 0.5) is 0 Å². The molecule has 1 rings (SSSR count). The monoisotopic (exact) mass is 269 g/mol. The van der Waals surface area contributed by atoms with Crippen LogP contribution in [0.2, 0.25) is 0 Å². The fourth-order valence-electron chi connectivity index (χ4n) is 2.06. The van der Waals surface area contributed by atoms with Crippen molar-refractivity contribution in [2.45, 2.75) is 39.7 Å². The number of aliphatic hydroxyl groups is 1. The molecule has 0 spiro atoms. The summed E-state index contributed by atoms with van der Waals surface area (Å²) >= 11 is 1.57. The van der Waals surface area contributed by atoms with Gasteiger partial charge < -0.3 is 10.4 Å². The van der Waals surface area contributed by atoms with Gasteiger partial charge in [-0.3, -0.25) is 4.79 Å². The third kappa shape index (κ3) is 4.10. The van der Waals surface area contributed by atoms with Crippen molar-refractivity contribution in [1.82, 2.24) is 5.32 Å². The van der Waals surface area contributed by atoms with E-state index >= 15 is 0 Å². The average Bonchev–Trinajstić information content (AvgIpc) is 2.85. The van der Waals surface area contributed by atoms with E-state index in [1.165, 1.54) is 0 Å². The second-order valence-electron chi connectivity index (χ2n) is 4.94. The Hall–Kier alpha value is -0.870. The topological polar surface area (TPSA) is 49.3 Å². The Morgan fingerprint density at radius 2 is 2.22 bits per heavy atom. The molecule has 0 saturated carbocycles. The first-order chi connectivity index (χ1) is 8.60. The average molecular weight is 269 g/mol. The number of thiophene rings is 1. The molecule has 0 aliphatic heterocycles. The normalized spacial score (nSPS) is 14.5. The van der Waals surface area contributed by atoms with E-state index in [4.69, 9.17) is 0 Å². The Balaban J connectivity index is 2.66. The van der Waals surface area contributed by atoms with Gasteiger partial charge in [0.1, 0.15) is 0 Å². The molecule has 3 nitrogen and oxygen atoms in total. The molecule has 2 atom stereocenters. The van der Waals surface area contributed by atoms with Crippen molar-refractivity contribution in [2.75, 3.05) is 6.61 Å². The van der Waals surface area contributed by atoms with E-state index in [9.17, 15) is 9.90 Å². The molecular weight excluding hydrogens is 246 g/mol. The Morgan fingerprint density at radius 1 is 1.50 bits per heavy atom. The molecule has 2 N–H and O–H groups in total. The van der Waals surface area contributed by atoms with Crippen LogP contribution in [0.25, 0.3) is 0 Å². The quantitative estimate of drug-likeness (QED) is 0.799. The summed E-state index contributed by atoms with van der Waals surface area (Å²) in [4.78, 5) is 12.2. The van der Waals surface area contributed by atoms with Crippen molar-refractivity contribution in [1.29, 1.82) is 0 Å². The van der Waals surface area contributed by atoms with Crippen LogP contribution in [0.15, 0.2) is 16.8 Å². The van der Waals surface area contributed by atoms with Gasteiger partial charge in [-0.2, -0.15) is 11.3 Å². The van der Waals surface area contributed by atoms with Gasteiger partial charge in [-0.1, -0.05) is 27.2 Å². The van der Waals surface area contributed by atoms with Crippen LogP contribution >= 0.6 is 11.3 Å². The maximum atomic E-state index is 12.2. The highest BCUT2D eigenvalue weighted by Gasteiger charge is 2.24. The highest BCUT2D eigenvalue weighted by Crippen LogP contribution is 2.21. The SMILES string of the molecule is CCC[C@H](C(=O)N[C@@H](CO)c1ccsc1)C(C)C. The Morgan fingerprint density at radius 3 is 2.67 bits per heavy atom. The smallest absolute Gasteiger partial charge is 0.223 e. The summed E-state index contributed by atoms with van der Waals surface area (Å²) in [5.74, 6) is 0.409. The summed E-state index contributed by atoms with van der Waals surface area (Å²) in [6.45, 7) is 6.17. The first-order valence-electron chi connectivity index (χ1n) is 6.53. The fourth-order valence-corrected chi connectivity index (χ4v) is 2.78. The molecule has 0 unspecified atom stereocenters. The van der Waals surface area contributed by atoms with Crippen molar-refractivity contribution < 1.29 is 9.90 Å². The van der Waals surface area contributed by atoms with Gasteiger partial charge in [0.2, 0.25) is 5.91 Å². The van der Waals surface area contributed by atoms with Crippen molar-refractivity contribution in [3.05, 3.63) is 22.4 Å². The van der Waals surface area contributed by atoms with Gasteiger partial charge in [-0.05, 0) is 34.7 Å². The van der Waals surface area contributed by atoms with Gasteiger partial charge in [0.05, 0.1) is 12.6 Å². The number of nitrogens with one attached hydrogen (secondary N) is 1. The van der Waals surface area contributed by atoms with E-state index in [-0.39, 0.29) is 24.5 Å². The van der Waals surface area contributed by atoms with Gasteiger partial charge in [-0.15, -0.1) is 0 Å². The zero-order valence-electron chi connectivity index (χ0n) is 11.3. The van der Waals surface area contributed by atoms with Gasteiger partial charge >= 0.3 is 0 Å². The molecule has 4 heteroatoms. The Kier molecular flexibility index (Phi) is 6.36. The van der Waals surface area contributed by atoms with Crippen LogP contribution in [-0.2, 0) is 4.79 Å². The number of rotatable bonds is 7. The number of carbonyl (C=O) groups is 1. The summed E-state index contributed by atoms with van der Waals surface area (Å²) in [7, 11) is 0. The standard InChI is InChI=1S/C14H23NO2S/c1-4-5-12(10(2)3)14(17)15-13(8-16)11-6-7-18-9-11/h6-7,9-10,12-13,16H,4-5,8H2,1-3H3,(H,15,17)/t12-,13-/m0/s1. The summed E-state index contributed by atoms with van der Waals surface area (Å²) in [6.07, 6.45) is 1.89. The summed E-state index contributed by atoms with van der Waals surface area (Å²) in [5.41, 5.74) is 0.981. The molecule has 0 saturated heterocycles. The lowest BCUT2D eigenvalue weighted by molar-refractivity contribution is -0.127. The van der Waals surface area contributed by atoms with Gasteiger partial charge in [-0.25, -0.2) is 0 Å². The summed E-state index contributed by atoms with van der Waals surface area (Å²) in [6, 6.07) is 1.66. The lowest BCUT2D eigenvalue weighted by Crippen LogP contribution is -2.37. The van der Waals surface area contributed by atoms with E-state index in [1.807, 2.05) is 16.8 Å². The number of carbonyl (C=O) groups excluding carboxylic acids is 1. The third-order valence-corrected chi connectivity index (χ3v) is 3.89. The highest BCUT2D eigenvalue weighted by molar-refractivity contribution is 7.07. The van der Waals surface area contributed by atoms with Crippen LogP contribution in [0.1, 0.15) is 45.2 Å². The van der Waals surface area contributed by atoms with E-state index in [0.717, 1.165) is 18.4 Å². The number of hydrogen-bond donors (Lipinski definition) is 2. The van der Waals surface area contributed by atoms with E-state index in [1.54, 1.807) is 11.3 Å². The zero-order valence-corrected chi connectivity index (χ0v) is 12.2. The first kappa shape index (κ1) is 15.2. The van der Waals surface area contributed by atoms with Crippen LogP contribution in [0, 0.1) is 11.8 Å². The van der Waals surface area contributed by atoms with Crippen LogP contribution in [0.5, 0.6) is 0 Å². The molecule has 0 bridgehead atoms. The molecule has 0 aliphatic carbocycles. The van der Waals surface area contributed by atoms with Crippen LogP contribution < -0.4 is 5.32 Å². The molecule has 1 amide bonds. The van der Waals surface area contributed by atoms with Crippen LogP contribution in [0.3, 0.4) is 0 Å². The molecular formula is C14H23NO2S. The highest BCUT2D eigenvalue weighted by atomic mass is 32.1. The Labute approximate surface area is 113 Å². The van der Waals surface area contributed by atoms with Gasteiger partial charge in [0.25, 0.3) is 0 Å². The predicted molar refractivity (Wildman–Crippen MR) is 75.5 cm³/mol. The molecule has 1 aromatic rings. The lowest BCUT2D eigenvalue weighted by atomic mass is 9.90. The maximum Gasteiger partial charge on any atom is 0.223 e. The predicted octanol–water partition coefficient (Wildman–Crippen LogP) is 2.97. The number of amides is 1. The summed E-state index contributed by atoms with van der Waals surface area (Å²) < 4.78 is 0. The van der Waals surface area contributed by atoms with Gasteiger partial charge in [0, 0.05) is 5.92 Å². The number of aliphatic hydroxyl groups excluding tert-OH is 1. The maximum absolute atomic E-state index is 12.2. The molecule has 1 aromatic heterocycles. The molecule has 0 radical (unpaired) electrons. The Bertz CT molecular complexity index is 349. The molecule has 0 aromatic carbocycles. The molecule has 102 valence electrons. The van der Waals surface area contributed by atoms with Gasteiger partial charge in [0.15, 0.2) is 0 Å². The first-order valence-corrected chi connectivity index (χ1v) is 7.47. The molecule has 18 heavy (non-hydrogen) atoms. The van der Waals surface area contributed by atoms with Crippen LogP contribution in [-0.4, -0.2) is 17.6 Å². The third-order valence-electron chi connectivity index (χ3n) is 3.19. The second kappa shape index (κ2) is 7.54. The van der Waals surface area contributed by atoms with Crippen molar-refractivity contribution in [3.8, 4) is 0 Å². The summed E-state index contributed by atoms with van der Waals surface area (Å²) in [5, 5.41) is 16.3. The molecule has 0 fully saturated rings.